The molecule has 0 saturated carbocycles. The summed E-state index contributed by atoms with van der Waals surface area (Å²) in [6.45, 7) is 9.13. The van der Waals surface area contributed by atoms with E-state index in [1.54, 1.807) is 4.52 Å². The highest BCUT2D eigenvalue weighted by molar-refractivity contribution is 5.77. The number of aliphatic hydroxyl groups excluding tert-OH is 1. The number of hydrogen-bond acceptors (Lipinski definition) is 7. The van der Waals surface area contributed by atoms with Crippen LogP contribution in [0.25, 0.3) is 5.65 Å². The third-order valence-electron chi connectivity index (χ3n) is 7.69. The number of nitrogens with zero attached hydrogens (tertiary/aromatic N) is 5. The molecule has 1 N–H and O–H groups in total. The lowest BCUT2D eigenvalue weighted by molar-refractivity contribution is -0.151. The van der Waals surface area contributed by atoms with E-state index in [9.17, 15) is 9.90 Å². The van der Waals surface area contributed by atoms with Crippen LogP contribution in [0.2, 0.25) is 0 Å². The van der Waals surface area contributed by atoms with Crippen LogP contribution in [0.15, 0.2) is 42.6 Å². The molecule has 2 saturated heterocycles. The van der Waals surface area contributed by atoms with Crippen LogP contribution in [0.5, 0.6) is 0 Å². The van der Waals surface area contributed by atoms with E-state index in [0.717, 1.165) is 36.4 Å². The van der Waals surface area contributed by atoms with Crippen LogP contribution >= 0.6 is 0 Å². The first kappa shape index (κ1) is 22.8. The summed E-state index contributed by atoms with van der Waals surface area (Å²) >= 11 is 0. The SMILES string of the molecule is COC(=O)[C@]1(C)CCN(C(O)c2nc3c(C)cc(N4CC[C@](C)(c5ccccc5)C4)cn3n2)C1. The summed E-state index contributed by atoms with van der Waals surface area (Å²) in [4.78, 5) is 21.0. The zero-order chi connectivity index (χ0) is 24.1. The molecular formula is C26H33N5O3. The first-order valence-corrected chi connectivity index (χ1v) is 11.9. The van der Waals surface area contributed by atoms with Crippen molar-refractivity contribution in [1.82, 2.24) is 19.5 Å². The predicted octanol–water partition coefficient (Wildman–Crippen LogP) is 3.08. The molecule has 180 valence electrons. The second-order valence-electron chi connectivity index (χ2n) is 10.4. The molecule has 5 rings (SSSR count). The molecule has 2 aliphatic rings. The monoisotopic (exact) mass is 463 g/mol. The van der Waals surface area contributed by atoms with E-state index in [4.69, 9.17) is 4.74 Å². The van der Waals surface area contributed by atoms with E-state index in [-0.39, 0.29) is 11.4 Å². The van der Waals surface area contributed by atoms with Gasteiger partial charge in [-0.15, -0.1) is 5.10 Å². The van der Waals surface area contributed by atoms with Gasteiger partial charge >= 0.3 is 5.97 Å². The standard InChI is InChI=1S/C26H33N5O3/c1-18-14-20(29-12-10-25(2,16-29)19-8-6-5-7-9-19)15-31-22(18)27-21(28-31)23(32)30-13-11-26(3,17-30)24(33)34-4/h5-9,14-15,23,32H,10-13,16-17H2,1-4H3/t23?,25-,26+/m0/s1. The highest BCUT2D eigenvalue weighted by atomic mass is 16.5. The number of ether oxygens (including phenoxy) is 1. The van der Waals surface area contributed by atoms with E-state index < -0.39 is 11.6 Å². The summed E-state index contributed by atoms with van der Waals surface area (Å²) < 4.78 is 6.73. The molecule has 0 spiro atoms. The van der Waals surface area contributed by atoms with Gasteiger partial charge in [-0.25, -0.2) is 9.50 Å². The van der Waals surface area contributed by atoms with Crippen molar-refractivity contribution in [3.8, 4) is 0 Å². The lowest BCUT2D eigenvalue weighted by Crippen LogP contribution is -2.34. The minimum Gasteiger partial charge on any atom is -0.469 e. The second-order valence-corrected chi connectivity index (χ2v) is 10.4. The van der Waals surface area contributed by atoms with Gasteiger partial charge in [0.1, 0.15) is 0 Å². The van der Waals surface area contributed by atoms with Crippen molar-refractivity contribution < 1.29 is 14.6 Å². The van der Waals surface area contributed by atoms with E-state index in [2.05, 4.69) is 58.3 Å². The maximum Gasteiger partial charge on any atom is 0.312 e. The van der Waals surface area contributed by atoms with Crippen LogP contribution in [0.1, 0.15) is 49.9 Å². The summed E-state index contributed by atoms with van der Waals surface area (Å²) in [5, 5.41) is 15.6. The Labute approximate surface area is 200 Å². The average molecular weight is 464 g/mol. The van der Waals surface area contributed by atoms with Gasteiger partial charge in [0.2, 0.25) is 0 Å². The van der Waals surface area contributed by atoms with Gasteiger partial charge in [0.05, 0.1) is 24.4 Å². The minimum absolute atomic E-state index is 0.107. The summed E-state index contributed by atoms with van der Waals surface area (Å²) in [5.41, 5.74) is 3.70. The summed E-state index contributed by atoms with van der Waals surface area (Å²) in [7, 11) is 1.40. The van der Waals surface area contributed by atoms with Crippen LogP contribution in [0.4, 0.5) is 5.69 Å². The maximum absolute atomic E-state index is 12.2. The number of aliphatic hydroxyl groups is 1. The van der Waals surface area contributed by atoms with Gasteiger partial charge in [-0.1, -0.05) is 37.3 Å². The molecule has 34 heavy (non-hydrogen) atoms. The first-order chi connectivity index (χ1) is 16.2. The number of aryl methyl sites for hydroxylation is 1. The number of anilines is 1. The van der Waals surface area contributed by atoms with Crippen LogP contribution in [-0.4, -0.2) is 63.9 Å². The zero-order valence-electron chi connectivity index (χ0n) is 20.4. The topological polar surface area (TPSA) is 83.2 Å². The Morgan fingerprint density at radius 1 is 1.15 bits per heavy atom. The van der Waals surface area contributed by atoms with Crippen molar-refractivity contribution in [3.63, 3.8) is 0 Å². The molecule has 3 aromatic rings. The van der Waals surface area contributed by atoms with Gasteiger partial charge in [0, 0.05) is 31.6 Å². The lowest BCUT2D eigenvalue weighted by Gasteiger charge is -2.26. The van der Waals surface area contributed by atoms with Crippen molar-refractivity contribution in [3.05, 3.63) is 59.5 Å². The van der Waals surface area contributed by atoms with E-state index in [1.807, 2.05) is 24.9 Å². The molecule has 0 radical (unpaired) electrons. The normalized spacial score (nSPS) is 26.3. The van der Waals surface area contributed by atoms with Gasteiger partial charge in [0.15, 0.2) is 17.7 Å². The number of esters is 1. The number of carbonyl (C=O) groups excluding carboxylic acids is 1. The number of carbonyl (C=O) groups is 1. The van der Waals surface area contributed by atoms with Crippen molar-refractivity contribution in [2.24, 2.45) is 5.41 Å². The smallest absolute Gasteiger partial charge is 0.312 e. The summed E-state index contributed by atoms with van der Waals surface area (Å²) in [5.74, 6) is 0.101. The summed E-state index contributed by atoms with van der Waals surface area (Å²) in [6.07, 6.45) is 2.75. The zero-order valence-corrected chi connectivity index (χ0v) is 20.4. The largest absolute Gasteiger partial charge is 0.469 e. The van der Waals surface area contributed by atoms with Crippen molar-refractivity contribution in [1.29, 1.82) is 0 Å². The Bertz CT molecular complexity index is 1210. The van der Waals surface area contributed by atoms with E-state index in [0.29, 0.717) is 25.3 Å². The van der Waals surface area contributed by atoms with Crippen molar-refractivity contribution in [2.45, 2.75) is 45.3 Å². The molecule has 2 fully saturated rings. The molecule has 2 aliphatic heterocycles. The van der Waals surface area contributed by atoms with E-state index in [1.165, 1.54) is 12.7 Å². The van der Waals surface area contributed by atoms with Crippen molar-refractivity contribution in [2.75, 3.05) is 38.2 Å². The fraction of sp³-hybridized carbons (Fsp3) is 0.500. The average Bonchev–Trinajstić information content (AvgIpc) is 3.56. The molecular weight excluding hydrogens is 430 g/mol. The maximum atomic E-state index is 12.2. The molecule has 1 aromatic carbocycles. The molecule has 4 heterocycles. The van der Waals surface area contributed by atoms with Crippen LogP contribution in [0, 0.1) is 12.3 Å². The molecule has 3 atom stereocenters. The van der Waals surface area contributed by atoms with Gasteiger partial charge < -0.3 is 14.7 Å². The fourth-order valence-electron chi connectivity index (χ4n) is 5.47. The van der Waals surface area contributed by atoms with Crippen LogP contribution in [0.3, 0.4) is 0 Å². The number of hydrogen-bond donors (Lipinski definition) is 1. The molecule has 8 nitrogen and oxygen atoms in total. The highest BCUT2D eigenvalue weighted by Gasteiger charge is 2.44. The molecule has 0 amide bonds. The van der Waals surface area contributed by atoms with Gasteiger partial charge in [-0.3, -0.25) is 9.69 Å². The Kier molecular flexibility index (Phi) is 5.61. The molecule has 1 unspecified atom stereocenters. The fourth-order valence-corrected chi connectivity index (χ4v) is 5.47. The first-order valence-electron chi connectivity index (χ1n) is 11.9. The quantitative estimate of drug-likeness (QED) is 0.582. The number of rotatable bonds is 5. The second kappa shape index (κ2) is 8.36. The minimum atomic E-state index is -0.970. The molecule has 0 aliphatic carbocycles. The molecule has 8 heteroatoms. The molecule has 0 bridgehead atoms. The predicted molar refractivity (Wildman–Crippen MR) is 130 cm³/mol. The van der Waals surface area contributed by atoms with Crippen LogP contribution < -0.4 is 4.90 Å². The third kappa shape index (κ3) is 3.84. The van der Waals surface area contributed by atoms with Gasteiger partial charge in [-0.05, 0) is 43.9 Å². The number of fused-ring (bicyclic) bond motifs is 1. The number of likely N-dealkylation sites (tertiary alicyclic amines) is 1. The van der Waals surface area contributed by atoms with Gasteiger partial charge in [0.25, 0.3) is 0 Å². The number of aromatic nitrogens is 3. The Hall–Kier alpha value is -2.97. The summed E-state index contributed by atoms with van der Waals surface area (Å²) in [6, 6.07) is 12.9. The number of pyridine rings is 1. The Morgan fingerprint density at radius 3 is 2.65 bits per heavy atom. The Balaban J connectivity index is 1.37. The van der Waals surface area contributed by atoms with Crippen molar-refractivity contribution >= 4 is 17.3 Å². The van der Waals surface area contributed by atoms with Gasteiger partial charge in [-0.2, -0.15) is 0 Å². The number of benzene rings is 1. The lowest BCUT2D eigenvalue weighted by atomic mass is 9.82. The van der Waals surface area contributed by atoms with Crippen LogP contribution in [-0.2, 0) is 14.9 Å². The molecule has 2 aromatic heterocycles. The Morgan fingerprint density at radius 2 is 1.91 bits per heavy atom. The van der Waals surface area contributed by atoms with E-state index >= 15 is 0 Å². The third-order valence-corrected chi connectivity index (χ3v) is 7.69. The highest BCUT2D eigenvalue weighted by Crippen LogP contribution is 2.37. The number of methoxy groups -OCH3 is 1.